The molecule has 0 saturated heterocycles. The van der Waals surface area contributed by atoms with Gasteiger partial charge >= 0.3 is 5.97 Å². The number of carbonyl (C=O) groups is 1. The lowest BCUT2D eigenvalue weighted by atomic mass is 10.1. The van der Waals surface area contributed by atoms with Gasteiger partial charge in [-0.1, -0.05) is 6.07 Å². The molecular weight excluding hydrogens is 281 g/mol. The number of nitriles is 1. The molecule has 3 nitrogen and oxygen atoms in total. The molecule has 0 bridgehead atoms. The van der Waals surface area contributed by atoms with Gasteiger partial charge in [-0.2, -0.15) is 5.26 Å². The van der Waals surface area contributed by atoms with E-state index in [2.05, 4.69) is 0 Å². The van der Waals surface area contributed by atoms with Crippen LogP contribution >= 0.6 is 22.6 Å². The molecule has 66 valence electrons. The van der Waals surface area contributed by atoms with Gasteiger partial charge in [0, 0.05) is 3.57 Å². The molecule has 13 heavy (non-hydrogen) atoms. The standard InChI is InChI=1S/C9H6INO2/c10-7-2-1-6(3-4-11)8(5-7)9(12)13/h1-2,5H,3H2,(H,12,13). The fourth-order valence-electron chi connectivity index (χ4n) is 0.987. The van der Waals surface area contributed by atoms with Crippen LogP contribution in [0.25, 0.3) is 0 Å². The van der Waals surface area contributed by atoms with Crippen LogP contribution in [0.1, 0.15) is 15.9 Å². The van der Waals surface area contributed by atoms with Crippen LogP contribution in [0, 0.1) is 14.9 Å². The molecule has 0 atom stereocenters. The maximum Gasteiger partial charge on any atom is 0.336 e. The monoisotopic (exact) mass is 287 g/mol. The Bertz CT molecular complexity index is 382. The third kappa shape index (κ3) is 2.42. The first-order valence-electron chi connectivity index (χ1n) is 3.54. The molecule has 1 N–H and O–H groups in total. The summed E-state index contributed by atoms with van der Waals surface area (Å²) in [6.07, 6.45) is 0.137. The average molecular weight is 287 g/mol. The molecule has 0 aliphatic heterocycles. The fraction of sp³-hybridized carbons (Fsp3) is 0.111. The Hall–Kier alpha value is -1.09. The molecule has 0 heterocycles. The van der Waals surface area contributed by atoms with Gasteiger partial charge in [-0.15, -0.1) is 0 Å². The predicted molar refractivity (Wildman–Crippen MR) is 55.4 cm³/mol. The summed E-state index contributed by atoms with van der Waals surface area (Å²) in [5.41, 5.74) is 0.781. The van der Waals surface area contributed by atoms with Crippen LogP contribution < -0.4 is 0 Å². The first-order valence-corrected chi connectivity index (χ1v) is 4.61. The van der Waals surface area contributed by atoms with Gasteiger partial charge in [0.2, 0.25) is 0 Å². The number of hydrogen-bond donors (Lipinski definition) is 1. The van der Waals surface area contributed by atoms with E-state index in [1.54, 1.807) is 18.2 Å². The van der Waals surface area contributed by atoms with Gasteiger partial charge in [0.15, 0.2) is 0 Å². The van der Waals surface area contributed by atoms with Gasteiger partial charge in [0.25, 0.3) is 0 Å². The molecule has 0 amide bonds. The molecule has 0 unspecified atom stereocenters. The number of carboxylic acid groups (broad SMARTS) is 1. The van der Waals surface area contributed by atoms with Gasteiger partial charge in [-0.3, -0.25) is 0 Å². The summed E-state index contributed by atoms with van der Waals surface area (Å²) < 4.78 is 0.858. The van der Waals surface area contributed by atoms with Gasteiger partial charge in [0.1, 0.15) is 0 Å². The molecule has 0 aliphatic carbocycles. The number of carboxylic acids is 1. The minimum atomic E-state index is -0.983. The lowest BCUT2D eigenvalue weighted by Crippen LogP contribution is -2.02. The van der Waals surface area contributed by atoms with Gasteiger partial charge in [0.05, 0.1) is 18.1 Å². The van der Waals surface area contributed by atoms with Crippen LogP contribution in [0.15, 0.2) is 18.2 Å². The maximum atomic E-state index is 10.7. The third-order valence-corrected chi connectivity index (χ3v) is 2.24. The lowest BCUT2D eigenvalue weighted by Gasteiger charge is -2.01. The Morgan fingerprint density at radius 1 is 1.62 bits per heavy atom. The fourth-order valence-corrected chi connectivity index (χ4v) is 1.48. The first kappa shape index (κ1) is 9.99. The van der Waals surface area contributed by atoms with Crippen LogP contribution in [0.4, 0.5) is 0 Å². The largest absolute Gasteiger partial charge is 0.478 e. The zero-order valence-electron chi connectivity index (χ0n) is 6.62. The van der Waals surface area contributed by atoms with E-state index in [0.29, 0.717) is 5.56 Å². The maximum absolute atomic E-state index is 10.7. The van der Waals surface area contributed by atoms with Crippen LogP contribution in [-0.2, 0) is 6.42 Å². The Morgan fingerprint density at radius 3 is 2.85 bits per heavy atom. The zero-order chi connectivity index (χ0) is 9.84. The average Bonchev–Trinajstić information content (AvgIpc) is 2.08. The molecule has 1 aromatic carbocycles. The van der Waals surface area contributed by atoms with Crippen molar-refractivity contribution in [3.05, 3.63) is 32.9 Å². The molecule has 0 radical (unpaired) electrons. The van der Waals surface area contributed by atoms with Crippen molar-refractivity contribution < 1.29 is 9.90 Å². The molecule has 0 spiro atoms. The van der Waals surface area contributed by atoms with Crippen LogP contribution in [0.5, 0.6) is 0 Å². The second kappa shape index (κ2) is 4.23. The van der Waals surface area contributed by atoms with Crippen molar-refractivity contribution in [3.8, 4) is 6.07 Å². The normalized spacial score (nSPS) is 9.23. The molecule has 0 fully saturated rings. The summed E-state index contributed by atoms with van der Waals surface area (Å²) in [6, 6.07) is 6.96. The number of nitrogens with zero attached hydrogens (tertiary/aromatic N) is 1. The van der Waals surface area contributed by atoms with Gasteiger partial charge < -0.3 is 5.11 Å². The smallest absolute Gasteiger partial charge is 0.336 e. The Balaban J connectivity index is 3.20. The molecule has 0 saturated carbocycles. The highest BCUT2D eigenvalue weighted by Gasteiger charge is 2.09. The second-order valence-corrected chi connectivity index (χ2v) is 3.69. The molecule has 1 aromatic rings. The topological polar surface area (TPSA) is 61.1 Å². The van der Waals surface area contributed by atoms with Crippen molar-refractivity contribution in [2.75, 3.05) is 0 Å². The summed E-state index contributed by atoms with van der Waals surface area (Å²) in [6.45, 7) is 0. The van der Waals surface area contributed by atoms with E-state index in [0.717, 1.165) is 3.57 Å². The van der Waals surface area contributed by atoms with Gasteiger partial charge in [-0.25, -0.2) is 4.79 Å². The zero-order valence-corrected chi connectivity index (χ0v) is 8.78. The highest BCUT2D eigenvalue weighted by Crippen LogP contribution is 2.14. The molecule has 1 rings (SSSR count). The number of benzene rings is 1. The number of hydrogen-bond acceptors (Lipinski definition) is 2. The van der Waals surface area contributed by atoms with Crippen LogP contribution in [-0.4, -0.2) is 11.1 Å². The third-order valence-electron chi connectivity index (χ3n) is 1.57. The van der Waals surface area contributed by atoms with E-state index in [1.807, 2.05) is 28.7 Å². The Morgan fingerprint density at radius 2 is 2.31 bits per heavy atom. The molecule has 0 aromatic heterocycles. The van der Waals surface area contributed by atoms with Gasteiger partial charge in [-0.05, 0) is 40.3 Å². The summed E-state index contributed by atoms with van der Waals surface area (Å²) in [4.78, 5) is 10.7. The summed E-state index contributed by atoms with van der Waals surface area (Å²) >= 11 is 2.04. The van der Waals surface area contributed by atoms with E-state index in [1.165, 1.54) is 0 Å². The Labute approximate surface area is 89.1 Å². The summed E-state index contributed by atoms with van der Waals surface area (Å²) in [5, 5.41) is 17.3. The van der Waals surface area contributed by atoms with E-state index in [4.69, 9.17) is 10.4 Å². The second-order valence-electron chi connectivity index (χ2n) is 2.44. The van der Waals surface area contributed by atoms with Crippen LogP contribution in [0.3, 0.4) is 0 Å². The summed E-state index contributed by atoms with van der Waals surface area (Å²) in [7, 11) is 0. The summed E-state index contributed by atoms with van der Waals surface area (Å²) in [5.74, 6) is -0.983. The van der Waals surface area contributed by atoms with E-state index >= 15 is 0 Å². The predicted octanol–water partition coefficient (Wildman–Crippen LogP) is 2.06. The molecule has 4 heteroatoms. The molecule has 0 aliphatic rings. The van der Waals surface area contributed by atoms with E-state index in [9.17, 15) is 4.79 Å². The Kier molecular flexibility index (Phi) is 3.25. The number of halogens is 1. The van der Waals surface area contributed by atoms with Crippen LogP contribution in [0.2, 0.25) is 0 Å². The van der Waals surface area contributed by atoms with E-state index < -0.39 is 5.97 Å². The van der Waals surface area contributed by atoms with Crippen molar-refractivity contribution in [2.24, 2.45) is 0 Å². The SMILES string of the molecule is N#CCc1ccc(I)cc1C(=O)O. The van der Waals surface area contributed by atoms with Crippen molar-refractivity contribution >= 4 is 28.6 Å². The highest BCUT2D eigenvalue weighted by molar-refractivity contribution is 14.1. The number of aromatic carboxylic acids is 1. The van der Waals surface area contributed by atoms with Crippen molar-refractivity contribution in [1.29, 1.82) is 5.26 Å². The van der Waals surface area contributed by atoms with E-state index in [-0.39, 0.29) is 12.0 Å². The minimum absolute atomic E-state index is 0.137. The van der Waals surface area contributed by atoms with Crippen molar-refractivity contribution in [3.63, 3.8) is 0 Å². The van der Waals surface area contributed by atoms with Crippen molar-refractivity contribution in [2.45, 2.75) is 6.42 Å². The first-order chi connectivity index (χ1) is 6.15. The number of rotatable bonds is 2. The van der Waals surface area contributed by atoms with Crippen molar-refractivity contribution in [1.82, 2.24) is 0 Å². The lowest BCUT2D eigenvalue weighted by molar-refractivity contribution is 0.0696. The minimum Gasteiger partial charge on any atom is -0.478 e. The highest BCUT2D eigenvalue weighted by atomic mass is 127. The molecular formula is C9H6INO2. The quantitative estimate of drug-likeness (QED) is 0.847.